The molecule has 0 aliphatic carbocycles. The Balaban J connectivity index is 2.25. The average Bonchev–Trinajstić information content (AvgIpc) is 2.91. The lowest BCUT2D eigenvalue weighted by molar-refractivity contribution is 0.0696. The van der Waals surface area contributed by atoms with Gasteiger partial charge in [0.1, 0.15) is 5.56 Å². The third-order valence-electron chi connectivity index (χ3n) is 4.00. The summed E-state index contributed by atoms with van der Waals surface area (Å²) in [7, 11) is 0. The van der Waals surface area contributed by atoms with Crippen LogP contribution in [0.2, 0.25) is 5.02 Å². The van der Waals surface area contributed by atoms with Crippen molar-refractivity contribution in [1.82, 2.24) is 9.97 Å². The first-order chi connectivity index (χ1) is 11.6. The Morgan fingerprint density at radius 2 is 1.75 bits per heavy atom. The van der Waals surface area contributed by atoms with Crippen LogP contribution in [-0.2, 0) is 0 Å². The number of hydrogen-bond acceptors (Lipinski definition) is 2. The topological polar surface area (TPSA) is 85.9 Å². The third kappa shape index (κ3) is 2.10. The van der Waals surface area contributed by atoms with Crippen LogP contribution in [0.25, 0.3) is 33.1 Å². The predicted octanol–water partition coefficient (Wildman–Crippen LogP) is 4.03. The van der Waals surface area contributed by atoms with Crippen LogP contribution >= 0.6 is 11.6 Å². The van der Waals surface area contributed by atoms with E-state index in [2.05, 4.69) is 9.97 Å². The van der Waals surface area contributed by atoms with Crippen molar-refractivity contribution in [2.45, 2.75) is 0 Å². The van der Waals surface area contributed by atoms with Crippen molar-refractivity contribution >= 4 is 39.5 Å². The van der Waals surface area contributed by atoms with E-state index in [0.717, 1.165) is 10.9 Å². The summed E-state index contributed by atoms with van der Waals surface area (Å²) in [5.74, 6) is -1.27. The van der Waals surface area contributed by atoms with Crippen molar-refractivity contribution < 1.29 is 9.90 Å². The van der Waals surface area contributed by atoms with Crippen LogP contribution in [0.5, 0.6) is 0 Å². The van der Waals surface area contributed by atoms with Crippen molar-refractivity contribution in [2.75, 3.05) is 0 Å². The van der Waals surface area contributed by atoms with E-state index in [0.29, 0.717) is 27.2 Å². The lowest BCUT2D eigenvalue weighted by atomic mass is 9.99. The molecule has 0 saturated carbocycles. The fourth-order valence-electron chi connectivity index (χ4n) is 2.99. The molecule has 24 heavy (non-hydrogen) atoms. The van der Waals surface area contributed by atoms with Crippen molar-refractivity contribution in [2.24, 2.45) is 0 Å². The molecule has 0 radical (unpaired) electrons. The van der Waals surface area contributed by atoms with Gasteiger partial charge in [0.15, 0.2) is 0 Å². The minimum atomic E-state index is -1.27. The Hall–Kier alpha value is -3.05. The van der Waals surface area contributed by atoms with Crippen LogP contribution in [0, 0.1) is 0 Å². The largest absolute Gasteiger partial charge is 0.477 e. The molecular weight excluding hydrogens is 328 g/mol. The molecule has 0 amide bonds. The Morgan fingerprint density at radius 3 is 2.46 bits per heavy atom. The molecule has 2 aromatic carbocycles. The molecule has 4 aromatic rings. The zero-order valence-electron chi connectivity index (χ0n) is 12.3. The van der Waals surface area contributed by atoms with Gasteiger partial charge in [-0.15, -0.1) is 0 Å². The van der Waals surface area contributed by atoms with Crippen molar-refractivity contribution in [3.63, 3.8) is 0 Å². The number of aromatic amines is 2. The van der Waals surface area contributed by atoms with Gasteiger partial charge in [0.05, 0.1) is 11.0 Å². The summed E-state index contributed by atoms with van der Waals surface area (Å²) in [6, 6.07) is 14.3. The van der Waals surface area contributed by atoms with Gasteiger partial charge in [-0.3, -0.25) is 4.79 Å². The number of rotatable bonds is 2. The van der Waals surface area contributed by atoms with E-state index >= 15 is 0 Å². The summed E-state index contributed by atoms with van der Waals surface area (Å²) in [6.07, 6.45) is 0. The van der Waals surface area contributed by atoms with Gasteiger partial charge in [0.25, 0.3) is 5.56 Å². The smallest absolute Gasteiger partial charge is 0.342 e. The number of carboxylic acid groups (broad SMARTS) is 1. The highest BCUT2D eigenvalue weighted by Crippen LogP contribution is 2.33. The first-order valence-electron chi connectivity index (χ1n) is 7.22. The van der Waals surface area contributed by atoms with E-state index < -0.39 is 11.5 Å². The highest BCUT2D eigenvalue weighted by Gasteiger charge is 2.22. The van der Waals surface area contributed by atoms with Gasteiger partial charge < -0.3 is 15.1 Å². The number of fused-ring (bicyclic) bond motifs is 3. The molecule has 0 aliphatic heterocycles. The maximum Gasteiger partial charge on any atom is 0.342 e. The van der Waals surface area contributed by atoms with E-state index in [1.165, 1.54) is 0 Å². The van der Waals surface area contributed by atoms with E-state index in [4.69, 9.17) is 11.6 Å². The normalized spacial score (nSPS) is 11.2. The highest BCUT2D eigenvalue weighted by molar-refractivity contribution is 6.32. The summed E-state index contributed by atoms with van der Waals surface area (Å²) >= 11 is 6.05. The lowest BCUT2D eigenvalue weighted by Crippen LogP contribution is -2.19. The van der Waals surface area contributed by atoms with Crippen molar-refractivity contribution in [1.29, 1.82) is 0 Å². The van der Waals surface area contributed by atoms with Gasteiger partial charge in [0, 0.05) is 21.5 Å². The first-order valence-corrected chi connectivity index (χ1v) is 7.60. The zero-order valence-corrected chi connectivity index (χ0v) is 13.0. The molecule has 0 unspecified atom stereocenters. The second-order valence-electron chi connectivity index (χ2n) is 5.44. The quantitative estimate of drug-likeness (QED) is 0.516. The van der Waals surface area contributed by atoms with Gasteiger partial charge >= 0.3 is 5.97 Å². The number of carboxylic acids is 1. The monoisotopic (exact) mass is 338 g/mol. The minimum Gasteiger partial charge on any atom is -0.477 e. The molecule has 0 spiro atoms. The van der Waals surface area contributed by atoms with Gasteiger partial charge in [-0.1, -0.05) is 41.9 Å². The predicted molar refractivity (Wildman–Crippen MR) is 93.8 cm³/mol. The number of carbonyl (C=O) groups is 1. The fraction of sp³-hybridized carbons (Fsp3) is 0. The number of hydrogen-bond donors (Lipinski definition) is 3. The summed E-state index contributed by atoms with van der Waals surface area (Å²) in [6.45, 7) is 0. The van der Waals surface area contributed by atoms with Gasteiger partial charge in [0.2, 0.25) is 0 Å². The second kappa shape index (κ2) is 5.25. The molecule has 118 valence electrons. The maximum atomic E-state index is 12.4. The molecule has 0 atom stereocenters. The van der Waals surface area contributed by atoms with Crippen LogP contribution < -0.4 is 5.56 Å². The van der Waals surface area contributed by atoms with E-state index in [-0.39, 0.29) is 5.56 Å². The molecule has 2 heterocycles. The van der Waals surface area contributed by atoms with Crippen LogP contribution in [0.3, 0.4) is 0 Å². The molecule has 0 fully saturated rings. The Kier molecular flexibility index (Phi) is 3.18. The van der Waals surface area contributed by atoms with Crippen LogP contribution in [0.1, 0.15) is 10.4 Å². The van der Waals surface area contributed by atoms with Gasteiger partial charge in [-0.2, -0.15) is 0 Å². The molecule has 3 N–H and O–H groups in total. The number of benzene rings is 2. The zero-order chi connectivity index (χ0) is 16.8. The Morgan fingerprint density at radius 1 is 1.00 bits per heavy atom. The number of nitrogens with one attached hydrogen (secondary N) is 2. The molecule has 6 heteroatoms. The Labute approximate surface area is 140 Å². The van der Waals surface area contributed by atoms with Crippen molar-refractivity contribution in [3.8, 4) is 11.1 Å². The maximum absolute atomic E-state index is 12.4. The van der Waals surface area contributed by atoms with Crippen LogP contribution in [0.15, 0.2) is 53.3 Å². The number of aromatic nitrogens is 2. The number of halogens is 1. The molecule has 0 bridgehead atoms. The molecular formula is C18H11ClN2O3. The molecule has 0 saturated heterocycles. The number of H-pyrrole nitrogens is 2. The molecule has 5 nitrogen and oxygen atoms in total. The SMILES string of the molecule is O=C(O)c1c(-c2ccccc2)c2[nH]c3ccc(Cl)cc3c2[nH]c1=O. The molecule has 2 aromatic heterocycles. The van der Waals surface area contributed by atoms with Crippen molar-refractivity contribution in [3.05, 3.63) is 69.5 Å². The molecule has 4 rings (SSSR count). The second-order valence-corrected chi connectivity index (χ2v) is 5.88. The van der Waals surface area contributed by atoms with E-state index in [9.17, 15) is 14.7 Å². The third-order valence-corrected chi connectivity index (χ3v) is 4.24. The molecule has 0 aliphatic rings. The number of aromatic carboxylic acids is 1. The highest BCUT2D eigenvalue weighted by atomic mass is 35.5. The first kappa shape index (κ1) is 14.5. The Bertz CT molecular complexity index is 1160. The summed E-state index contributed by atoms with van der Waals surface area (Å²) in [5.41, 5.74) is 1.97. The average molecular weight is 339 g/mol. The summed E-state index contributed by atoms with van der Waals surface area (Å²) in [4.78, 5) is 30.0. The number of pyridine rings is 1. The van der Waals surface area contributed by atoms with E-state index in [1.54, 1.807) is 42.5 Å². The summed E-state index contributed by atoms with van der Waals surface area (Å²) < 4.78 is 0. The summed E-state index contributed by atoms with van der Waals surface area (Å²) in [5, 5.41) is 10.8. The minimum absolute atomic E-state index is 0.286. The van der Waals surface area contributed by atoms with Crippen LogP contribution in [-0.4, -0.2) is 21.0 Å². The fourth-order valence-corrected chi connectivity index (χ4v) is 3.17. The van der Waals surface area contributed by atoms with Gasteiger partial charge in [-0.05, 0) is 23.8 Å². The lowest BCUT2D eigenvalue weighted by Gasteiger charge is -2.07. The van der Waals surface area contributed by atoms with Crippen LogP contribution in [0.4, 0.5) is 0 Å². The van der Waals surface area contributed by atoms with Gasteiger partial charge in [-0.25, -0.2) is 4.79 Å². The standard InChI is InChI=1S/C18H11ClN2O3/c19-10-6-7-12-11(8-10)15-16(20-12)13(9-4-2-1-3-5-9)14(18(23)24)17(22)21-15/h1-8,20H,(H,21,22)(H,23,24). The van der Waals surface area contributed by atoms with E-state index in [1.807, 2.05) is 6.07 Å².